The number of aryl methyl sites for hydroxylation is 1. The van der Waals surface area contributed by atoms with Crippen LogP contribution < -0.4 is 9.47 Å². The Morgan fingerprint density at radius 1 is 0.860 bits per heavy atom. The lowest BCUT2D eigenvalue weighted by Crippen LogP contribution is -2.26. The van der Waals surface area contributed by atoms with Gasteiger partial charge < -0.3 is 24.8 Å². The van der Waals surface area contributed by atoms with E-state index >= 15 is 0 Å². The molecule has 0 fully saturated rings. The summed E-state index contributed by atoms with van der Waals surface area (Å²) < 4.78 is 13.3. The van der Waals surface area contributed by atoms with Crippen LogP contribution in [0, 0.1) is 11.3 Å². The number of hydrogen-bond donors (Lipinski definition) is 3. The van der Waals surface area contributed by atoms with Gasteiger partial charge in [0.1, 0.15) is 11.5 Å². The summed E-state index contributed by atoms with van der Waals surface area (Å²) in [5, 5.41) is 30.1. The van der Waals surface area contributed by atoms with E-state index in [-0.39, 0.29) is 31.0 Å². The Kier molecular flexibility index (Phi) is 9.89. The molecule has 0 saturated heterocycles. The number of carbonyl (C=O) groups excluding carboxylic acids is 2. The monoisotopic (exact) mass is 626 g/mol. The zero-order chi connectivity index (χ0) is 31.5. The van der Waals surface area contributed by atoms with E-state index in [1.54, 1.807) is 31.4 Å². The van der Waals surface area contributed by atoms with Crippen LogP contribution >= 0.6 is 22.7 Å². The third-order valence-electron chi connectivity index (χ3n) is 7.28. The molecule has 0 aliphatic carbocycles. The van der Waals surface area contributed by atoms with Gasteiger partial charge in [-0.05, 0) is 79.4 Å². The average molecular weight is 627 g/mol. The molecular weight excluding hydrogens is 592 g/mol. The van der Waals surface area contributed by atoms with Gasteiger partial charge in [-0.2, -0.15) is 0 Å². The zero-order valence-corrected chi connectivity index (χ0v) is 26.0. The Labute approximate surface area is 256 Å². The summed E-state index contributed by atoms with van der Waals surface area (Å²) >= 11 is 2.58. The number of ether oxygens (including phenoxy) is 2. The third-order valence-corrected chi connectivity index (χ3v) is 9.56. The Morgan fingerprint density at radius 3 is 2.09 bits per heavy atom. The van der Waals surface area contributed by atoms with E-state index in [2.05, 4.69) is 0 Å². The Balaban J connectivity index is 1.44. The van der Waals surface area contributed by atoms with Crippen LogP contribution in [0.15, 0.2) is 36.4 Å². The van der Waals surface area contributed by atoms with Crippen molar-refractivity contribution in [3.63, 3.8) is 0 Å². The van der Waals surface area contributed by atoms with Crippen molar-refractivity contribution in [3.8, 4) is 11.5 Å². The van der Waals surface area contributed by atoms with Crippen molar-refractivity contribution in [2.75, 3.05) is 13.7 Å². The number of methoxy groups -OCH3 is 1. The minimum Gasteiger partial charge on any atom is -0.496 e. The molecule has 11 heteroatoms. The maximum atomic E-state index is 12.8. The van der Waals surface area contributed by atoms with E-state index < -0.39 is 23.3 Å². The summed E-state index contributed by atoms with van der Waals surface area (Å²) in [7, 11) is 1.58. The maximum absolute atomic E-state index is 12.8. The molecule has 0 radical (unpaired) electrons. The van der Waals surface area contributed by atoms with Crippen LogP contribution in [0.4, 0.5) is 0 Å². The van der Waals surface area contributed by atoms with Crippen LogP contribution in [0.1, 0.15) is 70.5 Å². The Bertz CT molecular complexity index is 1700. The molecule has 43 heavy (non-hydrogen) atoms. The first-order chi connectivity index (χ1) is 20.3. The minimum absolute atomic E-state index is 0.0585. The highest BCUT2D eigenvalue weighted by atomic mass is 32.1. The molecule has 9 nitrogen and oxygen atoms in total. The van der Waals surface area contributed by atoms with Crippen molar-refractivity contribution in [3.05, 3.63) is 57.3 Å². The number of fused-ring (bicyclic) bond motifs is 2. The van der Waals surface area contributed by atoms with E-state index in [0.717, 1.165) is 25.7 Å². The van der Waals surface area contributed by atoms with E-state index in [0.29, 0.717) is 46.3 Å². The molecule has 1 atom stereocenters. The first-order valence-corrected chi connectivity index (χ1v) is 15.4. The molecule has 2 aromatic carbocycles. The molecule has 0 aliphatic heterocycles. The van der Waals surface area contributed by atoms with Crippen LogP contribution in [0.2, 0.25) is 0 Å². The lowest BCUT2D eigenvalue weighted by molar-refractivity contribution is -0.146. The van der Waals surface area contributed by atoms with Gasteiger partial charge in [0.2, 0.25) is 0 Å². The number of aliphatic carboxylic acids is 2. The molecule has 228 valence electrons. The van der Waals surface area contributed by atoms with Crippen LogP contribution in [-0.4, -0.2) is 52.5 Å². The second-order valence-corrected chi connectivity index (χ2v) is 13.4. The van der Waals surface area contributed by atoms with Crippen molar-refractivity contribution in [2.45, 2.75) is 53.1 Å². The summed E-state index contributed by atoms with van der Waals surface area (Å²) in [6.45, 7) is 4.67. The number of carboxylic acid groups (broad SMARTS) is 2. The lowest BCUT2D eigenvalue weighted by Gasteiger charge is -2.16. The van der Waals surface area contributed by atoms with Gasteiger partial charge >= 0.3 is 11.9 Å². The first-order valence-electron chi connectivity index (χ1n) is 13.8. The van der Waals surface area contributed by atoms with E-state index in [4.69, 9.17) is 14.6 Å². The van der Waals surface area contributed by atoms with Gasteiger partial charge in [-0.25, -0.2) is 0 Å². The van der Waals surface area contributed by atoms with Crippen molar-refractivity contribution in [1.29, 1.82) is 0 Å². The van der Waals surface area contributed by atoms with Gasteiger partial charge in [0.05, 0.1) is 41.4 Å². The molecular formula is C32H34O9S2. The summed E-state index contributed by atoms with van der Waals surface area (Å²) in [5.41, 5.74) is 0.359. The van der Waals surface area contributed by atoms with Gasteiger partial charge in [0.15, 0.2) is 11.6 Å². The molecule has 1 unspecified atom stereocenters. The number of aliphatic hydroxyl groups excluding tert-OH is 1. The van der Waals surface area contributed by atoms with Crippen molar-refractivity contribution >= 4 is 66.4 Å². The molecule has 4 aromatic rings. The lowest BCUT2D eigenvalue weighted by atomic mass is 9.87. The SMILES string of the molecule is COc1cc2sc(C(=O)CC(C)C(=O)O)cc2cc1CCCOc1cc2cc(C(=O)CC(C)(C)C(=O)O)sc2cc1CO. The number of rotatable bonds is 15. The Hall–Kier alpha value is -3.80. The van der Waals surface area contributed by atoms with Gasteiger partial charge in [-0.3, -0.25) is 19.2 Å². The van der Waals surface area contributed by atoms with E-state index in [1.165, 1.54) is 43.4 Å². The summed E-state index contributed by atoms with van der Waals surface area (Å²) in [6, 6.07) is 11.0. The van der Waals surface area contributed by atoms with Gasteiger partial charge in [0, 0.05) is 27.8 Å². The quantitative estimate of drug-likeness (QED) is 0.0980. The molecule has 0 aliphatic rings. The highest BCUT2D eigenvalue weighted by Crippen LogP contribution is 2.36. The van der Waals surface area contributed by atoms with E-state index in [9.17, 15) is 29.4 Å². The molecule has 3 N–H and O–H groups in total. The highest BCUT2D eigenvalue weighted by molar-refractivity contribution is 7.21. The topological polar surface area (TPSA) is 147 Å². The fraction of sp³-hybridized carbons (Fsp3) is 0.375. The predicted molar refractivity (Wildman–Crippen MR) is 166 cm³/mol. The normalized spacial score (nSPS) is 12.4. The predicted octanol–water partition coefficient (Wildman–Crippen LogP) is 6.61. The van der Waals surface area contributed by atoms with Crippen molar-refractivity contribution in [2.24, 2.45) is 11.3 Å². The standard InChI is InChI=1S/C32H34O9S2/c1-17(30(36)37)8-22(34)28-11-19-9-18(24(40-4)14-27(19)43-28)6-5-7-41-25-10-20-12-29(42-26(20)13-21(25)16-33)23(35)15-32(2,3)31(38)39/h9-14,17,33H,5-8,15-16H2,1-4H3,(H,36,37)(H,38,39). The summed E-state index contributed by atoms with van der Waals surface area (Å²) in [5.74, 6) is -2.04. The minimum atomic E-state index is -1.17. The maximum Gasteiger partial charge on any atom is 0.309 e. The van der Waals surface area contributed by atoms with Crippen molar-refractivity contribution in [1.82, 2.24) is 0 Å². The molecule has 4 rings (SSSR count). The number of aliphatic hydroxyl groups is 1. The highest BCUT2D eigenvalue weighted by Gasteiger charge is 2.31. The first kappa shape index (κ1) is 32.1. The second kappa shape index (κ2) is 13.2. The molecule has 0 bridgehead atoms. The molecule has 0 spiro atoms. The number of Topliss-reactive ketones (excluding diaryl/α,β-unsaturated/α-hetero) is 2. The third kappa shape index (κ3) is 7.41. The largest absolute Gasteiger partial charge is 0.496 e. The van der Waals surface area contributed by atoms with Gasteiger partial charge in [0.25, 0.3) is 0 Å². The average Bonchev–Trinajstić information content (AvgIpc) is 3.57. The number of hydrogen-bond acceptors (Lipinski definition) is 9. The number of carboxylic acids is 2. The number of ketones is 2. The fourth-order valence-electron chi connectivity index (χ4n) is 4.62. The fourth-order valence-corrected chi connectivity index (χ4v) is 6.68. The molecule has 0 amide bonds. The second-order valence-electron chi connectivity index (χ2n) is 11.2. The van der Waals surface area contributed by atoms with Crippen molar-refractivity contribution < 1.29 is 44.0 Å². The number of carbonyl (C=O) groups is 4. The van der Waals surface area contributed by atoms with Crippen LogP contribution in [0.25, 0.3) is 20.2 Å². The van der Waals surface area contributed by atoms with E-state index in [1.807, 2.05) is 12.1 Å². The van der Waals surface area contributed by atoms with Gasteiger partial charge in [-0.15, -0.1) is 22.7 Å². The summed E-state index contributed by atoms with van der Waals surface area (Å²) in [6.07, 6.45) is 1.08. The van der Waals surface area contributed by atoms with Crippen LogP contribution in [0.5, 0.6) is 11.5 Å². The number of benzene rings is 2. The molecule has 2 aromatic heterocycles. The summed E-state index contributed by atoms with van der Waals surface area (Å²) in [4.78, 5) is 48.9. The smallest absolute Gasteiger partial charge is 0.309 e. The molecule has 2 heterocycles. The molecule has 0 saturated carbocycles. The Morgan fingerprint density at radius 2 is 1.49 bits per heavy atom. The van der Waals surface area contributed by atoms with Crippen LogP contribution in [0.3, 0.4) is 0 Å². The van der Waals surface area contributed by atoms with Crippen LogP contribution in [-0.2, 0) is 22.6 Å². The van der Waals surface area contributed by atoms with Gasteiger partial charge in [-0.1, -0.05) is 6.92 Å². The zero-order valence-electron chi connectivity index (χ0n) is 24.4. The number of thiophene rings is 2.